The number of allylic oxidation sites excluding steroid dienone is 1. The van der Waals surface area contributed by atoms with E-state index in [1.54, 1.807) is 13.2 Å². The summed E-state index contributed by atoms with van der Waals surface area (Å²) in [6, 6.07) is -0.720. The number of hydrogen-bond acceptors (Lipinski definition) is 5. The predicted molar refractivity (Wildman–Crippen MR) is 118 cm³/mol. The molecule has 0 bridgehead atoms. The van der Waals surface area contributed by atoms with Crippen LogP contribution in [0.15, 0.2) is 12.2 Å². The van der Waals surface area contributed by atoms with Crippen LogP contribution in [-0.4, -0.2) is 61.8 Å². The van der Waals surface area contributed by atoms with Gasteiger partial charge in [-0.15, -0.1) is 0 Å². The number of aliphatic hydroxyl groups is 2. The number of unbranched alkanes of at least 4 members (excludes halogenated alkanes) is 11. The second kappa shape index (κ2) is 21.8. The lowest BCUT2D eigenvalue weighted by atomic mass is 10.0. The molecular weight excluding hydrogens is 370 g/mol. The van der Waals surface area contributed by atoms with Crippen molar-refractivity contribution in [1.29, 1.82) is 0 Å². The van der Waals surface area contributed by atoms with Gasteiger partial charge in [-0.1, -0.05) is 83.3 Å². The summed E-state index contributed by atoms with van der Waals surface area (Å²) in [5, 5.41) is 22.1. The van der Waals surface area contributed by atoms with Crippen LogP contribution in [0.1, 0.15) is 84.0 Å². The molecule has 1 amide bonds. The smallest absolute Gasteiger partial charge is 0.246 e. The average molecular weight is 416 g/mol. The first kappa shape index (κ1) is 28.1. The molecule has 3 N–H and O–H groups in total. The van der Waals surface area contributed by atoms with E-state index < -0.39 is 12.1 Å². The summed E-state index contributed by atoms with van der Waals surface area (Å²) in [4.78, 5) is 11.7. The molecule has 0 heterocycles. The first-order valence-corrected chi connectivity index (χ1v) is 11.5. The molecule has 0 aliphatic rings. The summed E-state index contributed by atoms with van der Waals surface area (Å²) >= 11 is 0. The first-order valence-electron chi connectivity index (χ1n) is 11.5. The topological polar surface area (TPSA) is 88.0 Å². The molecule has 0 saturated carbocycles. The van der Waals surface area contributed by atoms with E-state index in [4.69, 9.17) is 9.47 Å². The quantitative estimate of drug-likeness (QED) is 0.196. The largest absolute Gasteiger partial charge is 0.394 e. The van der Waals surface area contributed by atoms with Crippen LogP contribution >= 0.6 is 0 Å². The normalized spacial score (nSPS) is 13.7. The number of carbonyl (C=O) groups is 1. The van der Waals surface area contributed by atoms with Crippen LogP contribution in [0.3, 0.4) is 0 Å². The number of ether oxygens (including phenoxy) is 2. The predicted octanol–water partition coefficient (Wildman–Crippen LogP) is 3.74. The molecular formula is C23H45NO5. The molecule has 0 fully saturated rings. The Bertz CT molecular complexity index is 389. The number of rotatable bonds is 21. The van der Waals surface area contributed by atoms with Crippen LogP contribution in [0.25, 0.3) is 0 Å². The van der Waals surface area contributed by atoms with E-state index in [2.05, 4.69) is 12.2 Å². The monoisotopic (exact) mass is 415 g/mol. The van der Waals surface area contributed by atoms with Crippen molar-refractivity contribution < 1.29 is 24.5 Å². The molecule has 0 aliphatic carbocycles. The lowest BCUT2D eigenvalue weighted by molar-refractivity contribution is -0.127. The van der Waals surface area contributed by atoms with Gasteiger partial charge < -0.3 is 25.0 Å². The molecule has 0 aromatic rings. The van der Waals surface area contributed by atoms with E-state index in [9.17, 15) is 15.0 Å². The Morgan fingerprint density at radius 2 is 1.55 bits per heavy atom. The molecule has 6 nitrogen and oxygen atoms in total. The minimum Gasteiger partial charge on any atom is -0.394 e. The number of aliphatic hydroxyl groups excluding tert-OH is 2. The Morgan fingerprint density at radius 3 is 2.10 bits per heavy atom. The van der Waals surface area contributed by atoms with Gasteiger partial charge in [-0.05, 0) is 12.8 Å². The first-order chi connectivity index (χ1) is 14.2. The number of carbonyl (C=O) groups excluding carboxylic acids is 1. The van der Waals surface area contributed by atoms with Crippen LogP contribution < -0.4 is 5.32 Å². The summed E-state index contributed by atoms with van der Waals surface area (Å²) in [5.41, 5.74) is 0. The molecule has 0 saturated heterocycles. The van der Waals surface area contributed by atoms with Gasteiger partial charge in [-0.3, -0.25) is 4.79 Å². The molecule has 0 aliphatic heterocycles. The fraction of sp³-hybridized carbons (Fsp3) is 0.870. The van der Waals surface area contributed by atoms with Crippen LogP contribution in [-0.2, 0) is 14.3 Å². The molecule has 0 rings (SSSR count). The Labute approximate surface area is 178 Å². The highest BCUT2D eigenvalue weighted by Gasteiger charge is 2.18. The zero-order valence-corrected chi connectivity index (χ0v) is 18.7. The molecule has 2 atom stereocenters. The lowest BCUT2D eigenvalue weighted by Gasteiger charge is -2.19. The Kier molecular flexibility index (Phi) is 21.0. The highest BCUT2D eigenvalue weighted by atomic mass is 16.5. The fourth-order valence-corrected chi connectivity index (χ4v) is 3.09. The molecule has 6 heteroatoms. The van der Waals surface area contributed by atoms with E-state index >= 15 is 0 Å². The van der Waals surface area contributed by atoms with Gasteiger partial charge in [-0.2, -0.15) is 0 Å². The molecule has 0 spiro atoms. The number of hydrogen-bond donors (Lipinski definition) is 3. The highest BCUT2D eigenvalue weighted by molar-refractivity contribution is 5.77. The molecule has 2 unspecified atom stereocenters. The number of amides is 1. The zero-order valence-electron chi connectivity index (χ0n) is 18.7. The van der Waals surface area contributed by atoms with Gasteiger partial charge in [0.05, 0.1) is 32.0 Å². The second-order valence-corrected chi connectivity index (χ2v) is 7.64. The van der Waals surface area contributed by atoms with Gasteiger partial charge in [0.2, 0.25) is 5.91 Å². The van der Waals surface area contributed by atoms with Gasteiger partial charge in [0, 0.05) is 7.11 Å². The number of methoxy groups -OCH3 is 1. The minimum absolute atomic E-state index is 0.116. The third-order valence-electron chi connectivity index (χ3n) is 4.93. The zero-order chi connectivity index (χ0) is 21.6. The van der Waals surface area contributed by atoms with Crippen molar-refractivity contribution in [3.8, 4) is 0 Å². The van der Waals surface area contributed by atoms with Crippen molar-refractivity contribution >= 4 is 5.91 Å². The maximum Gasteiger partial charge on any atom is 0.246 e. The third kappa shape index (κ3) is 18.8. The van der Waals surface area contributed by atoms with E-state index in [0.29, 0.717) is 13.2 Å². The Morgan fingerprint density at radius 1 is 0.966 bits per heavy atom. The van der Waals surface area contributed by atoms with Crippen molar-refractivity contribution in [2.24, 2.45) is 0 Å². The van der Waals surface area contributed by atoms with Gasteiger partial charge >= 0.3 is 0 Å². The average Bonchev–Trinajstić information content (AvgIpc) is 2.72. The fourth-order valence-electron chi connectivity index (χ4n) is 3.09. The van der Waals surface area contributed by atoms with Crippen molar-refractivity contribution in [1.82, 2.24) is 5.32 Å². The van der Waals surface area contributed by atoms with Gasteiger partial charge in [-0.25, -0.2) is 0 Å². The number of nitrogens with one attached hydrogen (secondary N) is 1. The minimum atomic E-state index is -0.907. The highest BCUT2D eigenvalue weighted by Crippen LogP contribution is 2.12. The Balaban J connectivity index is 3.68. The summed E-state index contributed by atoms with van der Waals surface area (Å²) in [7, 11) is 1.56. The molecule has 172 valence electrons. The maximum atomic E-state index is 11.7. The maximum absolute atomic E-state index is 11.7. The molecule has 0 aromatic heterocycles. The summed E-state index contributed by atoms with van der Waals surface area (Å²) in [5.74, 6) is -0.363. The molecule has 0 aromatic carbocycles. The van der Waals surface area contributed by atoms with Crippen molar-refractivity contribution in [3.05, 3.63) is 12.2 Å². The van der Waals surface area contributed by atoms with Crippen molar-refractivity contribution in [2.45, 2.75) is 96.1 Å². The molecule has 29 heavy (non-hydrogen) atoms. The van der Waals surface area contributed by atoms with E-state index in [1.807, 2.05) is 6.08 Å². The van der Waals surface area contributed by atoms with Crippen LogP contribution in [0.2, 0.25) is 0 Å². The standard InChI is InChI=1S/C23H45NO5/c1-3-4-5-6-7-8-9-10-11-12-13-14-15-16-22(26)21(19-25)24-23(27)20-29-18-17-28-2/h15-16,21-22,25-26H,3-14,17-20H2,1-2H3,(H,24,27)/b16-15+. The summed E-state index contributed by atoms with van der Waals surface area (Å²) < 4.78 is 9.96. The summed E-state index contributed by atoms with van der Waals surface area (Å²) in [6.07, 6.45) is 18.0. The second-order valence-electron chi connectivity index (χ2n) is 7.64. The van der Waals surface area contributed by atoms with Crippen molar-refractivity contribution in [3.63, 3.8) is 0 Å². The van der Waals surface area contributed by atoms with Gasteiger partial charge in [0.1, 0.15) is 6.61 Å². The van der Waals surface area contributed by atoms with E-state index in [-0.39, 0.29) is 19.1 Å². The van der Waals surface area contributed by atoms with Gasteiger partial charge in [0.15, 0.2) is 0 Å². The van der Waals surface area contributed by atoms with Crippen LogP contribution in [0.4, 0.5) is 0 Å². The van der Waals surface area contributed by atoms with Crippen molar-refractivity contribution in [2.75, 3.05) is 33.5 Å². The van der Waals surface area contributed by atoms with Crippen LogP contribution in [0, 0.1) is 0 Å². The third-order valence-corrected chi connectivity index (χ3v) is 4.93. The van der Waals surface area contributed by atoms with E-state index in [0.717, 1.165) is 12.8 Å². The Hall–Kier alpha value is -0.950. The summed E-state index contributed by atoms with van der Waals surface area (Å²) in [6.45, 7) is 2.56. The SMILES string of the molecule is CCCCCCCCCCCCC/C=C/C(O)C(CO)NC(=O)COCCOC. The van der Waals surface area contributed by atoms with Crippen LogP contribution in [0.5, 0.6) is 0 Å². The lowest BCUT2D eigenvalue weighted by Crippen LogP contribution is -2.46. The van der Waals surface area contributed by atoms with Gasteiger partial charge in [0.25, 0.3) is 0 Å². The molecule has 0 radical (unpaired) electrons. The van der Waals surface area contributed by atoms with E-state index in [1.165, 1.54) is 64.2 Å².